The van der Waals surface area contributed by atoms with E-state index in [1.54, 1.807) is 0 Å². The van der Waals surface area contributed by atoms with Crippen LogP contribution in [0.3, 0.4) is 0 Å². The molecular formula is C18H35NO. The van der Waals surface area contributed by atoms with Crippen LogP contribution in [0.15, 0.2) is 0 Å². The standard InChI is InChI=1S/C18H35NO/c1-4-15-8-10-16(11-9-15)17(19)18(20-5-2)12-6-7-14(3)13-18/h14-17H,4-13,19H2,1-3H3. The van der Waals surface area contributed by atoms with Gasteiger partial charge in [0.15, 0.2) is 0 Å². The van der Waals surface area contributed by atoms with E-state index in [0.29, 0.717) is 5.92 Å². The fourth-order valence-electron chi connectivity index (χ4n) is 4.75. The van der Waals surface area contributed by atoms with Gasteiger partial charge in [-0.1, -0.05) is 46.0 Å². The van der Waals surface area contributed by atoms with E-state index >= 15 is 0 Å². The summed E-state index contributed by atoms with van der Waals surface area (Å²) in [4.78, 5) is 0. The summed E-state index contributed by atoms with van der Waals surface area (Å²) >= 11 is 0. The maximum atomic E-state index is 6.77. The van der Waals surface area contributed by atoms with Crippen molar-refractivity contribution in [3.8, 4) is 0 Å². The highest BCUT2D eigenvalue weighted by atomic mass is 16.5. The molecule has 0 saturated heterocycles. The van der Waals surface area contributed by atoms with Gasteiger partial charge in [-0.3, -0.25) is 0 Å². The summed E-state index contributed by atoms with van der Waals surface area (Å²) in [6.45, 7) is 7.63. The van der Waals surface area contributed by atoms with Gasteiger partial charge in [0.2, 0.25) is 0 Å². The van der Waals surface area contributed by atoms with Crippen molar-refractivity contribution in [1.82, 2.24) is 0 Å². The van der Waals surface area contributed by atoms with Crippen LogP contribution in [0.1, 0.15) is 78.6 Å². The van der Waals surface area contributed by atoms with Crippen molar-refractivity contribution in [2.75, 3.05) is 6.61 Å². The van der Waals surface area contributed by atoms with Crippen LogP contribution in [-0.2, 0) is 4.74 Å². The second-order valence-corrected chi connectivity index (χ2v) is 7.41. The van der Waals surface area contributed by atoms with Gasteiger partial charge in [0.05, 0.1) is 5.60 Å². The maximum Gasteiger partial charge on any atom is 0.0837 e. The van der Waals surface area contributed by atoms with E-state index in [1.165, 1.54) is 57.8 Å². The van der Waals surface area contributed by atoms with Crippen LogP contribution in [0.2, 0.25) is 0 Å². The van der Waals surface area contributed by atoms with E-state index in [9.17, 15) is 0 Å². The maximum absolute atomic E-state index is 6.77. The summed E-state index contributed by atoms with van der Waals surface area (Å²) < 4.78 is 6.28. The molecule has 2 nitrogen and oxygen atoms in total. The average Bonchev–Trinajstić information content (AvgIpc) is 2.47. The largest absolute Gasteiger partial charge is 0.374 e. The van der Waals surface area contributed by atoms with Crippen molar-refractivity contribution in [3.05, 3.63) is 0 Å². The molecule has 3 atom stereocenters. The Morgan fingerprint density at radius 2 is 1.85 bits per heavy atom. The van der Waals surface area contributed by atoms with Crippen molar-refractivity contribution < 1.29 is 4.74 Å². The topological polar surface area (TPSA) is 35.2 Å². The Bertz CT molecular complexity index is 281. The Hall–Kier alpha value is -0.0800. The molecule has 20 heavy (non-hydrogen) atoms. The molecule has 0 aliphatic heterocycles. The second-order valence-electron chi connectivity index (χ2n) is 7.41. The number of nitrogens with two attached hydrogens (primary N) is 1. The molecule has 0 amide bonds. The molecule has 3 unspecified atom stereocenters. The number of hydrogen-bond acceptors (Lipinski definition) is 2. The number of rotatable bonds is 5. The zero-order valence-electron chi connectivity index (χ0n) is 13.9. The summed E-state index contributed by atoms with van der Waals surface area (Å²) in [7, 11) is 0. The van der Waals surface area contributed by atoms with E-state index in [2.05, 4.69) is 20.8 Å². The normalized spacial score (nSPS) is 40.5. The third kappa shape index (κ3) is 3.57. The minimum atomic E-state index is -0.0177. The highest BCUT2D eigenvalue weighted by molar-refractivity contribution is 4.99. The second kappa shape index (κ2) is 7.26. The Labute approximate surface area is 125 Å². The molecule has 0 aromatic rings. The Morgan fingerprint density at radius 3 is 2.40 bits per heavy atom. The van der Waals surface area contributed by atoms with Gasteiger partial charge in [-0.25, -0.2) is 0 Å². The quantitative estimate of drug-likeness (QED) is 0.804. The Balaban J connectivity index is 2.01. The van der Waals surface area contributed by atoms with Gasteiger partial charge < -0.3 is 10.5 Å². The Morgan fingerprint density at radius 1 is 1.15 bits per heavy atom. The molecule has 2 N–H and O–H groups in total. The van der Waals surface area contributed by atoms with Crippen molar-refractivity contribution in [2.45, 2.75) is 90.2 Å². The predicted octanol–water partition coefficient (Wildman–Crippen LogP) is 4.52. The molecule has 2 saturated carbocycles. The van der Waals surface area contributed by atoms with Gasteiger partial charge in [-0.15, -0.1) is 0 Å². The zero-order valence-corrected chi connectivity index (χ0v) is 13.9. The first-order chi connectivity index (χ1) is 9.61. The molecule has 2 heteroatoms. The summed E-state index contributed by atoms with van der Waals surface area (Å²) in [6, 6.07) is 0.253. The molecule has 0 aromatic carbocycles. The van der Waals surface area contributed by atoms with Crippen LogP contribution in [0, 0.1) is 17.8 Å². The molecule has 0 spiro atoms. The molecule has 2 aliphatic carbocycles. The molecule has 2 rings (SSSR count). The summed E-state index contributed by atoms with van der Waals surface area (Å²) in [5.41, 5.74) is 6.75. The van der Waals surface area contributed by atoms with Gasteiger partial charge >= 0.3 is 0 Å². The van der Waals surface area contributed by atoms with Crippen LogP contribution in [-0.4, -0.2) is 18.2 Å². The minimum Gasteiger partial charge on any atom is -0.374 e. The number of hydrogen-bond donors (Lipinski definition) is 1. The molecule has 118 valence electrons. The van der Waals surface area contributed by atoms with Crippen LogP contribution in [0.25, 0.3) is 0 Å². The van der Waals surface area contributed by atoms with E-state index in [0.717, 1.165) is 18.4 Å². The van der Waals surface area contributed by atoms with Gasteiger partial charge in [0, 0.05) is 12.6 Å². The molecular weight excluding hydrogens is 246 g/mol. The van der Waals surface area contributed by atoms with Gasteiger partial charge in [-0.05, 0) is 50.4 Å². The van der Waals surface area contributed by atoms with Crippen LogP contribution in [0.4, 0.5) is 0 Å². The third-order valence-corrected chi connectivity index (χ3v) is 6.01. The molecule has 2 fully saturated rings. The Kier molecular flexibility index (Phi) is 5.92. The van der Waals surface area contributed by atoms with Crippen molar-refractivity contribution >= 4 is 0 Å². The van der Waals surface area contributed by atoms with Crippen molar-refractivity contribution in [3.63, 3.8) is 0 Å². The zero-order chi connectivity index (χ0) is 14.6. The third-order valence-electron chi connectivity index (χ3n) is 6.01. The van der Waals surface area contributed by atoms with Crippen LogP contribution < -0.4 is 5.73 Å². The van der Waals surface area contributed by atoms with Gasteiger partial charge in [0.25, 0.3) is 0 Å². The molecule has 0 radical (unpaired) electrons. The minimum absolute atomic E-state index is 0.0177. The van der Waals surface area contributed by atoms with Crippen molar-refractivity contribution in [2.24, 2.45) is 23.5 Å². The van der Waals surface area contributed by atoms with Crippen LogP contribution >= 0.6 is 0 Å². The number of ether oxygens (including phenoxy) is 1. The first kappa shape index (κ1) is 16.3. The lowest BCUT2D eigenvalue weighted by Crippen LogP contribution is -2.56. The lowest BCUT2D eigenvalue weighted by molar-refractivity contribution is -0.107. The molecule has 0 bridgehead atoms. The van der Waals surface area contributed by atoms with Gasteiger partial charge in [-0.2, -0.15) is 0 Å². The highest BCUT2D eigenvalue weighted by Gasteiger charge is 2.44. The fourth-order valence-corrected chi connectivity index (χ4v) is 4.75. The van der Waals surface area contributed by atoms with E-state index < -0.39 is 0 Å². The predicted molar refractivity (Wildman–Crippen MR) is 85.7 cm³/mol. The van der Waals surface area contributed by atoms with Crippen LogP contribution in [0.5, 0.6) is 0 Å². The highest BCUT2D eigenvalue weighted by Crippen LogP contribution is 2.43. The first-order valence-corrected chi connectivity index (χ1v) is 9.00. The van der Waals surface area contributed by atoms with E-state index in [4.69, 9.17) is 10.5 Å². The molecule has 0 aromatic heterocycles. The molecule has 0 heterocycles. The lowest BCUT2D eigenvalue weighted by Gasteiger charge is -2.47. The van der Waals surface area contributed by atoms with Gasteiger partial charge in [0.1, 0.15) is 0 Å². The summed E-state index contributed by atoms with van der Waals surface area (Å²) in [5, 5.41) is 0. The first-order valence-electron chi connectivity index (χ1n) is 9.00. The summed E-state index contributed by atoms with van der Waals surface area (Å²) in [5.74, 6) is 2.41. The fraction of sp³-hybridized carbons (Fsp3) is 1.00. The molecule has 2 aliphatic rings. The summed E-state index contributed by atoms with van der Waals surface area (Å²) in [6.07, 6.45) is 11.7. The van der Waals surface area contributed by atoms with E-state index in [-0.39, 0.29) is 11.6 Å². The monoisotopic (exact) mass is 281 g/mol. The SMILES string of the molecule is CCOC1(C(N)C2CCC(CC)CC2)CCCC(C)C1. The lowest BCUT2D eigenvalue weighted by atomic mass is 9.67. The van der Waals surface area contributed by atoms with E-state index in [1.807, 2.05) is 0 Å². The van der Waals surface area contributed by atoms with Crippen molar-refractivity contribution in [1.29, 1.82) is 0 Å². The average molecular weight is 281 g/mol. The smallest absolute Gasteiger partial charge is 0.0837 e.